The van der Waals surface area contributed by atoms with Crippen molar-refractivity contribution in [3.63, 3.8) is 0 Å². The van der Waals surface area contributed by atoms with Crippen LogP contribution in [0.15, 0.2) is 24.3 Å². The number of rotatable bonds is 3. The van der Waals surface area contributed by atoms with Gasteiger partial charge in [0.05, 0.1) is 0 Å². The molecule has 0 unspecified atom stereocenters. The minimum Gasteiger partial charge on any atom is -0.100 e. The third kappa shape index (κ3) is 5.48. The van der Waals surface area contributed by atoms with Crippen LogP contribution in [-0.2, 0) is 0 Å². The Morgan fingerprint density at radius 3 is 2.62 bits per heavy atom. The molecular formula is C8H13. The zero-order chi connectivity index (χ0) is 6.41. The molecule has 0 aliphatic rings. The summed E-state index contributed by atoms with van der Waals surface area (Å²) < 4.78 is 0. The van der Waals surface area contributed by atoms with Gasteiger partial charge in [0.2, 0.25) is 0 Å². The molecule has 0 heterocycles. The van der Waals surface area contributed by atoms with Gasteiger partial charge in [-0.25, -0.2) is 0 Å². The van der Waals surface area contributed by atoms with Crippen LogP contribution in [-0.4, -0.2) is 0 Å². The number of hydrogen-bond donors (Lipinski definition) is 0. The lowest BCUT2D eigenvalue weighted by Crippen LogP contribution is -1.70. The molecule has 8 heavy (non-hydrogen) atoms. The highest BCUT2D eigenvalue weighted by Gasteiger charge is 1.80. The number of hydrogen-bond acceptors (Lipinski definition) is 0. The third-order valence-electron chi connectivity index (χ3n) is 0.795. The maximum atomic E-state index is 3.76. The van der Waals surface area contributed by atoms with Gasteiger partial charge in [0.15, 0.2) is 0 Å². The van der Waals surface area contributed by atoms with Crippen LogP contribution in [0.3, 0.4) is 0 Å². The first kappa shape index (κ1) is 7.48. The summed E-state index contributed by atoms with van der Waals surface area (Å²) in [5, 5.41) is 0. The molecule has 0 N–H and O–H groups in total. The highest BCUT2D eigenvalue weighted by Crippen LogP contribution is 1.98. The summed E-state index contributed by atoms with van der Waals surface area (Å²) in [5.74, 6) is 0. The van der Waals surface area contributed by atoms with Crippen LogP contribution >= 0.6 is 0 Å². The van der Waals surface area contributed by atoms with E-state index in [0.29, 0.717) is 0 Å². The second kappa shape index (κ2) is 4.63. The van der Waals surface area contributed by atoms with Crippen LogP contribution in [0.2, 0.25) is 0 Å². The van der Waals surface area contributed by atoms with Crippen molar-refractivity contribution in [3.8, 4) is 0 Å². The normalized spacial score (nSPS) is 10.2. The maximum Gasteiger partial charge on any atom is -0.0131 e. The lowest BCUT2D eigenvalue weighted by atomic mass is 10.2. The van der Waals surface area contributed by atoms with Gasteiger partial charge in [0.25, 0.3) is 0 Å². The fourth-order valence-electron chi connectivity index (χ4n) is 0.405. The Morgan fingerprint density at radius 2 is 2.25 bits per heavy atom. The summed E-state index contributed by atoms with van der Waals surface area (Å²) in [7, 11) is 0. The van der Waals surface area contributed by atoms with Crippen LogP contribution < -0.4 is 0 Å². The van der Waals surface area contributed by atoms with Gasteiger partial charge in [-0.1, -0.05) is 17.7 Å². The van der Waals surface area contributed by atoms with Crippen molar-refractivity contribution in [2.24, 2.45) is 0 Å². The van der Waals surface area contributed by atoms with E-state index in [4.69, 9.17) is 0 Å². The molecule has 0 nitrogen and oxygen atoms in total. The quantitative estimate of drug-likeness (QED) is 0.489. The first-order chi connectivity index (χ1) is 3.77. The minimum absolute atomic E-state index is 1.00. The fourth-order valence-corrected chi connectivity index (χ4v) is 0.405. The second-order valence-corrected chi connectivity index (χ2v) is 1.92. The van der Waals surface area contributed by atoms with Gasteiger partial charge < -0.3 is 0 Å². The molecule has 45 valence electrons. The lowest BCUT2D eigenvalue weighted by molar-refractivity contribution is 1.16. The largest absolute Gasteiger partial charge is 0.100 e. The summed E-state index contributed by atoms with van der Waals surface area (Å²) >= 11 is 0. The average Bonchev–Trinajstić information content (AvgIpc) is 1.66. The Labute approximate surface area is 51.9 Å². The van der Waals surface area contributed by atoms with Crippen LogP contribution in [0.4, 0.5) is 0 Å². The maximum absolute atomic E-state index is 3.76. The van der Waals surface area contributed by atoms with E-state index < -0.39 is 0 Å². The molecule has 0 aromatic carbocycles. The third-order valence-corrected chi connectivity index (χ3v) is 0.795. The monoisotopic (exact) mass is 109 g/mol. The predicted octanol–water partition coefficient (Wildman–Crippen LogP) is 2.73. The molecule has 0 aliphatic carbocycles. The fraction of sp³-hybridized carbons (Fsp3) is 0.375. The highest BCUT2D eigenvalue weighted by molar-refractivity contribution is 5.02. The lowest BCUT2D eigenvalue weighted by Gasteiger charge is -1.89. The Morgan fingerprint density at radius 1 is 1.62 bits per heavy atom. The van der Waals surface area contributed by atoms with Crippen molar-refractivity contribution in [2.75, 3.05) is 0 Å². The molecule has 0 aromatic heterocycles. The van der Waals surface area contributed by atoms with Crippen LogP contribution in [0.5, 0.6) is 0 Å². The van der Waals surface area contributed by atoms with Crippen molar-refractivity contribution < 1.29 is 0 Å². The van der Waals surface area contributed by atoms with Crippen molar-refractivity contribution in [2.45, 2.75) is 20.3 Å². The molecule has 0 rings (SSSR count). The molecule has 0 atom stereocenters. The van der Waals surface area contributed by atoms with E-state index in [-0.39, 0.29) is 0 Å². The zero-order valence-electron chi connectivity index (χ0n) is 5.65. The van der Waals surface area contributed by atoms with Gasteiger partial charge in [-0.15, -0.1) is 6.58 Å². The smallest absolute Gasteiger partial charge is 0.0131 e. The minimum atomic E-state index is 1.00. The van der Waals surface area contributed by atoms with Crippen molar-refractivity contribution >= 4 is 0 Å². The van der Waals surface area contributed by atoms with Gasteiger partial charge in [0.1, 0.15) is 0 Å². The molecule has 0 spiro atoms. The second-order valence-electron chi connectivity index (χ2n) is 1.92. The average molecular weight is 109 g/mol. The van der Waals surface area contributed by atoms with E-state index in [0.717, 1.165) is 6.42 Å². The van der Waals surface area contributed by atoms with Gasteiger partial charge in [-0.2, -0.15) is 0 Å². The first-order valence-corrected chi connectivity index (χ1v) is 2.86. The molecule has 0 saturated carbocycles. The van der Waals surface area contributed by atoms with E-state index in [1.165, 1.54) is 5.57 Å². The Hall–Kier alpha value is -0.520. The van der Waals surface area contributed by atoms with E-state index in [2.05, 4.69) is 13.0 Å². The molecule has 0 amide bonds. The Balaban J connectivity index is 3.05. The molecule has 0 heteroatoms. The van der Waals surface area contributed by atoms with Crippen molar-refractivity contribution in [1.82, 2.24) is 0 Å². The van der Waals surface area contributed by atoms with Gasteiger partial charge in [-0.05, 0) is 26.7 Å². The van der Waals surface area contributed by atoms with Crippen LogP contribution in [0, 0.1) is 6.42 Å². The first-order valence-electron chi connectivity index (χ1n) is 2.86. The molecular weight excluding hydrogens is 96.1 g/mol. The van der Waals surface area contributed by atoms with Gasteiger partial charge in [-0.3, -0.25) is 0 Å². The Bertz CT molecular complexity index is 88.2. The molecule has 0 aromatic rings. The predicted molar refractivity (Wildman–Crippen MR) is 38.5 cm³/mol. The summed E-state index contributed by atoms with van der Waals surface area (Å²) in [6.07, 6.45) is 7.16. The van der Waals surface area contributed by atoms with E-state index in [1.54, 1.807) is 0 Å². The summed E-state index contributed by atoms with van der Waals surface area (Å²) in [6.45, 7) is 7.80. The van der Waals surface area contributed by atoms with E-state index >= 15 is 0 Å². The van der Waals surface area contributed by atoms with E-state index in [1.807, 2.05) is 26.0 Å². The summed E-state index contributed by atoms with van der Waals surface area (Å²) in [6, 6.07) is 0. The van der Waals surface area contributed by atoms with Crippen molar-refractivity contribution in [1.29, 1.82) is 0 Å². The van der Waals surface area contributed by atoms with E-state index in [9.17, 15) is 0 Å². The summed E-state index contributed by atoms with van der Waals surface area (Å²) in [5.41, 5.74) is 1.21. The van der Waals surface area contributed by atoms with Gasteiger partial charge in [0, 0.05) is 0 Å². The molecule has 0 aliphatic heterocycles. The number of allylic oxidation sites excluding steroid dienone is 3. The van der Waals surface area contributed by atoms with Crippen LogP contribution in [0.25, 0.3) is 0 Å². The van der Waals surface area contributed by atoms with Gasteiger partial charge >= 0.3 is 0 Å². The topological polar surface area (TPSA) is 0 Å². The van der Waals surface area contributed by atoms with Crippen LogP contribution in [0.1, 0.15) is 20.3 Å². The standard InChI is InChI=1S/C8H13/c1-4-5-6-7-8(2)3/h4-6H,2,7H2,1,3H3. The highest BCUT2D eigenvalue weighted by atomic mass is 13.9. The molecule has 0 bridgehead atoms. The zero-order valence-corrected chi connectivity index (χ0v) is 5.65. The SMILES string of the molecule is C=C(C)C[CH]C=CC. The summed E-state index contributed by atoms with van der Waals surface area (Å²) in [4.78, 5) is 0. The molecule has 0 saturated heterocycles. The molecule has 0 fully saturated rings. The Kier molecular flexibility index (Phi) is 4.33. The van der Waals surface area contributed by atoms with Crippen molar-refractivity contribution in [3.05, 3.63) is 30.7 Å². The molecule has 1 radical (unpaired) electrons.